The van der Waals surface area contributed by atoms with Crippen LogP contribution in [0.3, 0.4) is 0 Å². The first-order chi connectivity index (χ1) is 13.9. The SMILES string of the molecule is CC.CC1CCCCN1c1ccc2cnc3c(ccn3COCCS(C)(C)C)n12. The number of fused-ring (bicyclic) bond motifs is 3. The molecule has 0 amide bonds. The number of piperidine rings is 1. The predicted octanol–water partition coefficient (Wildman–Crippen LogP) is 5.36. The smallest absolute Gasteiger partial charge is 0.158 e. The zero-order chi connectivity index (χ0) is 21.0. The van der Waals surface area contributed by atoms with Gasteiger partial charge in [0.05, 0.1) is 23.8 Å². The van der Waals surface area contributed by atoms with Crippen molar-refractivity contribution >= 4 is 32.5 Å². The van der Waals surface area contributed by atoms with Crippen LogP contribution in [-0.2, 0) is 11.5 Å². The molecule has 0 spiro atoms. The van der Waals surface area contributed by atoms with E-state index in [2.05, 4.69) is 64.0 Å². The largest absolute Gasteiger partial charge is 0.360 e. The Labute approximate surface area is 177 Å². The van der Waals surface area contributed by atoms with Crippen LogP contribution in [0, 0.1) is 0 Å². The highest BCUT2D eigenvalue weighted by atomic mass is 32.3. The maximum absolute atomic E-state index is 5.94. The first-order valence-corrected chi connectivity index (χ1v) is 13.9. The van der Waals surface area contributed by atoms with Crippen molar-refractivity contribution in [1.29, 1.82) is 0 Å². The van der Waals surface area contributed by atoms with Crippen molar-refractivity contribution in [2.24, 2.45) is 0 Å². The van der Waals surface area contributed by atoms with Crippen LogP contribution in [0.1, 0.15) is 40.0 Å². The van der Waals surface area contributed by atoms with E-state index < -0.39 is 10.0 Å². The molecule has 0 N–H and O–H groups in total. The first kappa shape index (κ1) is 22.0. The molecule has 0 aliphatic carbocycles. The monoisotopic (exact) mass is 418 g/mol. The lowest BCUT2D eigenvalue weighted by Crippen LogP contribution is -2.38. The molecule has 6 heteroatoms. The third-order valence-electron chi connectivity index (χ3n) is 5.53. The Morgan fingerprint density at radius 3 is 2.66 bits per heavy atom. The average Bonchev–Trinajstić information content (AvgIpc) is 3.30. The van der Waals surface area contributed by atoms with E-state index in [0.29, 0.717) is 12.8 Å². The van der Waals surface area contributed by atoms with Crippen molar-refractivity contribution in [1.82, 2.24) is 14.0 Å². The Morgan fingerprint density at radius 1 is 1.14 bits per heavy atom. The summed E-state index contributed by atoms with van der Waals surface area (Å²) < 4.78 is 10.4. The molecule has 0 bridgehead atoms. The standard InChI is InChI=1S/C21H32N4OS.C2H6/c1-17-7-5-6-11-24(17)20-9-8-18-15-22-21-19(25(18)20)10-12-23(21)16-26-13-14-27(2,3)4;1-2/h8-10,12,15,17H,5-7,11,13-14,16H2,1-4H3;1-2H3. The average molecular weight is 419 g/mol. The number of hydrogen-bond donors (Lipinski definition) is 0. The van der Waals surface area contributed by atoms with Crippen molar-refractivity contribution < 1.29 is 4.74 Å². The molecule has 0 radical (unpaired) electrons. The lowest BCUT2D eigenvalue weighted by Gasteiger charge is -2.35. The summed E-state index contributed by atoms with van der Waals surface area (Å²) in [7, 11) is -0.512. The van der Waals surface area contributed by atoms with E-state index in [0.717, 1.165) is 35.6 Å². The molecule has 1 atom stereocenters. The maximum atomic E-state index is 5.94. The highest BCUT2D eigenvalue weighted by Gasteiger charge is 2.22. The third-order valence-corrected chi connectivity index (χ3v) is 6.92. The van der Waals surface area contributed by atoms with E-state index in [1.807, 2.05) is 20.0 Å². The molecule has 4 heterocycles. The maximum Gasteiger partial charge on any atom is 0.158 e. The highest BCUT2D eigenvalue weighted by Crippen LogP contribution is 2.33. The molecule has 0 aromatic carbocycles. The van der Waals surface area contributed by atoms with Gasteiger partial charge in [-0.25, -0.2) is 15.0 Å². The number of anilines is 1. The number of aromatic nitrogens is 3. The highest BCUT2D eigenvalue weighted by molar-refractivity contribution is 8.32. The van der Waals surface area contributed by atoms with Gasteiger partial charge in [0.25, 0.3) is 0 Å². The molecule has 1 aliphatic heterocycles. The summed E-state index contributed by atoms with van der Waals surface area (Å²) >= 11 is 0. The third kappa shape index (κ3) is 4.92. The summed E-state index contributed by atoms with van der Waals surface area (Å²) in [4.78, 5) is 7.27. The van der Waals surface area contributed by atoms with Crippen molar-refractivity contribution in [3.63, 3.8) is 0 Å². The number of rotatable bonds is 6. The molecule has 29 heavy (non-hydrogen) atoms. The van der Waals surface area contributed by atoms with Gasteiger partial charge in [-0.2, -0.15) is 0 Å². The fraction of sp³-hybridized carbons (Fsp3) is 0.609. The van der Waals surface area contributed by atoms with E-state index in [1.54, 1.807) is 0 Å². The molecule has 1 saturated heterocycles. The minimum absolute atomic E-state index is 0.512. The Morgan fingerprint density at radius 2 is 1.93 bits per heavy atom. The molecule has 1 unspecified atom stereocenters. The molecule has 162 valence electrons. The summed E-state index contributed by atoms with van der Waals surface area (Å²) in [6, 6.07) is 7.19. The lowest BCUT2D eigenvalue weighted by molar-refractivity contribution is 0.0923. The molecule has 4 rings (SSSR count). The normalized spacial score (nSPS) is 18.1. The van der Waals surface area contributed by atoms with E-state index in [1.165, 1.54) is 25.1 Å². The van der Waals surface area contributed by atoms with Crippen molar-refractivity contribution in [3.05, 3.63) is 30.6 Å². The number of nitrogens with zero attached hydrogens (tertiary/aromatic N) is 4. The van der Waals surface area contributed by atoms with Gasteiger partial charge in [-0.15, -0.1) is 0 Å². The van der Waals surface area contributed by atoms with Gasteiger partial charge in [0, 0.05) is 24.5 Å². The summed E-state index contributed by atoms with van der Waals surface area (Å²) in [6.45, 7) is 8.85. The van der Waals surface area contributed by atoms with Gasteiger partial charge < -0.3 is 14.2 Å². The van der Waals surface area contributed by atoms with E-state index >= 15 is 0 Å². The molecular formula is C23H38N4OS. The topological polar surface area (TPSA) is 34.7 Å². The second-order valence-electron chi connectivity index (χ2n) is 8.57. The zero-order valence-electron chi connectivity index (χ0n) is 19.0. The van der Waals surface area contributed by atoms with E-state index in [4.69, 9.17) is 9.72 Å². The van der Waals surface area contributed by atoms with Crippen LogP contribution in [0.4, 0.5) is 5.82 Å². The van der Waals surface area contributed by atoms with Gasteiger partial charge in [0.1, 0.15) is 12.5 Å². The lowest BCUT2D eigenvalue weighted by atomic mass is 10.0. The zero-order valence-corrected chi connectivity index (χ0v) is 19.8. The second kappa shape index (κ2) is 9.43. The predicted molar refractivity (Wildman–Crippen MR) is 129 cm³/mol. The van der Waals surface area contributed by atoms with Gasteiger partial charge in [0.2, 0.25) is 0 Å². The molecule has 1 aliphatic rings. The molecule has 5 nitrogen and oxygen atoms in total. The van der Waals surface area contributed by atoms with E-state index in [-0.39, 0.29) is 0 Å². The molecule has 3 aromatic heterocycles. The minimum atomic E-state index is -0.512. The summed E-state index contributed by atoms with van der Waals surface area (Å²) in [5.41, 5.74) is 3.31. The Bertz CT molecular complexity index is 924. The molecular weight excluding hydrogens is 380 g/mol. The van der Waals surface area contributed by atoms with Crippen LogP contribution in [0.15, 0.2) is 30.6 Å². The van der Waals surface area contributed by atoms with Crippen molar-refractivity contribution in [3.8, 4) is 0 Å². The Kier molecular flexibility index (Phi) is 7.17. The first-order valence-electron chi connectivity index (χ1n) is 10.9. The van der Waals surface area contributed by atoms with Crippen molar-refractivity contribution in [2.45, 2.75) is 52.8 Å². The van der Waals surface area contributed by atoms with Crippen LogP contribution < -0.4 is 4.90 Å². The Hall–Kier alpha value is -1.66. The summed E-state index contributed by atoms with van der Waals surface area (Å²) in [5, 5.41) is 0. The fourth-order valence-electron chi connectivity index (χ4n) is 3.94. The van der Waals surface area contributed by atoms with Crippen LogP contribution in [0.2, 0.25) is 0 Å². The quantitative estimate of drug-likeness (QED) is 0.505. The van der Waals surface area contributed by atoms with Gasteiger partial charge >= 0.3 is 0 Å². The van der Waals surface area contributed by atoms with Gasteiger partial charge in [-0.05, 0) is 63.2 Å². The van der Waals surface area contributed by atoms with E-state index in [9.17, 15) is 0 Å². The van der Waals surface area contributed by atoms with Gasteiger partial charge in [-0.3, -0.25) is 4.40 Å². The van der Waals surface area contributed by atoms with Crippen molar-refractivity contribution in [2.75, 3.05) is 42.6 Å². The number of ether oxygens (including phenoxy) is 1. The Balaban J connectivity index is 0.00000117. The molecule has 0 saturated carbocycles. The van der Waals surface area contributed by atoms with Crippen LogP contribution >= 0.6 is 10.0 Å². The molecule has 1 fully saturated rings. The van der Waals surface area contributed by atoms with Gasteiger partial charge in [-0.1, -0.05) is 13.8 Å². The van der Waals surface area contributed by atoms with Crippen LogP contribution in [0.25, 0.3) is 16.7 Å². The molecule has 3 aromatic rings. The van der Waals surface area contributed by atoms with Gasteiger partial charge in [0.15, 0.2) is 5.65 Å². The van der Waals surface area contributed by atoms with Crippen LogP contribution in [-0.4, -0.2) is 57.7 Å². The minimum Gasteiger partial charge on any atom is -0.360 e. The van der Waals surface area contributed by atoms with Crippen LogP contribution in [0.5, 0.6) is 0 Å². The fourth-order valence-corrected chi connectivity index (χ4v) is 4.56. The summed E-state index contributed by atoms with van der Waals surface area (Å²) in [5.74, 6) is 2.43. The number of hydrogen-bond acceptors (Lipinski definition) is 3. The second-order valence-corrected chi connectivity index (χ2v) is 13.2. The summed E-state index contributed by atoms with van der Waals surface area (Å²) in [6.07, 6.45) is 14.9.